The van der Waals surface area contributed by atoms with Gasteiger partial charge in [-0.05, 0) is 31.4 Å². The average Bonchev–Trinajstić information content (AvgIpc) is 2.38. The lowest BCUT2D eigenvalue weighted by Gasteiger charge is -2.16. The van der Waals surface area contributed by atoms with Crippen molar-refractivity contribution in [3.63, 3.8) is 0 Å². The minimum atomic E-state index is 0.147. The molecule has 0 unspecified atom stereocenters. The zero-order valence-corrected chi connectivity index (χ0v) is 9.23. The van der Waals surface area contributed by atoms with E-state index in [1.807, 2.05) is 18.2 Å². The van der Waals surface area contributed by atoms with Crippen LogP contribution in [0, 0.1) is 5.92 Å². The summed E-state index contributed by atoms with van der Waals surface area (Å²) in [5, 5.41) is 2.93. The van der Waals surface area contributed by atoms with Crippen molar-refractivity contribution >= 4 is 5.91 Å². The largest absolute Gasteiger partial charge is 0.350 e. The second-order valence-corrected chi connectivity index (χ2v) is 4.02. The molecule has 3 nitrogen and oxygen atoms in total. The predicted octanol–water partition coefficient (Wildman–Crippen LogP) is 2.05. The Morgan fingerprint density at radius 2 is 2.38 bits per heavy atom. The third-order valence-electron chi connectivity index (χ3n) is 2.81. The Kier molecular flexibility index (Phi) is 3.70. The fourth-order valence-electron chi connectivity index (χ4n) is 1.86. The van der Waals surface area contributed by atoms with Crippen LogP contribution in [0.1, 0.15) is 25.0 Å². The number of amides is 1. The lowest BCUT2D eigenvalue weighted by Crippen LogP contribution is -2.30. The Morgan fingerprint density at radius 3 is 3.06 bits per heavy atom. The number of nitrogens with zero attached hydrogens (tertiary/aromatic N) is 1. The molecule has 0 spiro atoms. The quantitative estimate of drug-likeness (QED) is 0.786. The second-order valence-electron chi connectivity index (χ2n) is 4.02. The number of aromatic nitrogens is 1. The van der Waals surface area contributed by atoms with Gasteiger partial charge in [0.25, 0.3) is 0 Å². The first kappa shape index (κ1) is 10.9. The van der Waals surface area contributed by atoms with Crippen molar-refractivity contribution in [3.05, 3.63) is 42.2 Å². The molecule has 84 valence electrons. The molecule has 0 aliphatic heterocycles. The summed E-state index contributed by atoms with van der Waals surface area (Å²) in [6.07, 6.45) is 8.82. The molecule has 0 radical (unpaired) electrons. The first-order valence-corrected chi connectivity index (χ1v) is 5.69. The average molecular weight is 216 g/mol. The molecule has 0 saturated heterocycles. The van der Waals surface area contributed by atoms with Crippen LogP contribution in [0.4, 0.5) is 0 Å². The molecule has 1 N–H and O–H groups in total. The van der Waals surface area contributed by atoms with Gasteiger partial charge in [0.05, 0.1) is 12.2 Å². The molecule has 1 aromatic heterocycles. The van der Waals surface area contributed by atoms with Crippen LogP contribution in [0.25, 0.3) is 0 Å². The van der Waals surface area contributed by atoms with E-state index in [9.17, 15) is 4.79 Å². The number of pyridine rings is 1. The van der Waals surface area contributed by atoms with Gasteiger partial charge in [0, 0.05) is 12.1 Å². The van der Waals surface area contributed by atoms with E-state index in [4.69, 9.17) is 0 Å². The maximum absolute atomic E-state index is 11.8. The van der Waals surface area contributed by atoms with Crippen molar-refractivity contribution in [1.82, 2.24) is 10.3 Å². The van der Waals surface area contributed by atoms with Gasteiger partial charge in [0.1, 0.15) is 0 Å². The minimum Gasteiger partial charge on any atom is -0.350 e. The standard InChI is InChI=1S/C13H16N2O/c16-13(11-6-2-1-3-7-11)15-10-12-8-4-5-9-14-12/h1-2,4-5,8-9,11H,3,6-7,10H2,(H,15,16)/t11-/m1/s1. The highest BCUT2D eigenvalue weighted by molar-refractivity contribution is 5.78. The number of hydrogen-bond acceptors (Lipinski definition) is 2. The first-order valence-electron chi connectivity index (χ1n) is 5.69. The van der Waals surface area contributed by atoms with Gasteiger partial charge in [-0.15, -0.1) is 0 Å². The summed E-state index contributed by atoms with van der Waals surface area (Å²) in [6.45, 7) is 0.528. The Morgan fingerprint density at radius 1 is 1.44 bits per heavy atom. The number of carbonyl (C=O) groups excluding carboxylic acids is 1. The van der Waals surface area contributed by atoms with Gasteiger partial charge in [0.15, 0.2) is 0 Å². The zero-order valence-electron chi connectivity index (χ0n) is 9.23. The SMILES string of the molecule is O=C(NCc1ccccn1)[C@@H]1CC=CCC1. The van der Waals surface area contributed by atoms with E-state index in [0.29, 0.717) is 6.54 Å². The minimum absolute atomic E-state index is 0.147. The van der Waals surface area contributed by atoms with Gasteiger partial charge in [-0.1, -0.05) is 18.2 Å². The van der Waals surface area contributed by atoms with E-state index in [-0.39, 0.29) is 11.8 Å². The summed E-state index contributed by atoms with van der Waals surface area (Å²) < 4.78 is 0. The van der Waals surface area contributed by atoms with Gasteiger partial charge in [-0.2, -0.15) is 0 Å². The molecule has 1 heterocycles. The molecule has 0 bridgehead atoms. The van der Waals surface area contributed by atoms with E-state index < -0.39 is 0 Å². The molecule has 1 aliphatic rings. The fourth-order valence-corrected chi connectivity index (χ4v) is 1.86. The van der Waals surface area contributed by atoms with E-state index in [2.05, 4.69) is 22.5 Å². The Bertz CT molecular complexity index is 373. The monoisotopic (exact) mass is 216 g/mol. The normalized spacial score (nSPS) is 19.4. The zero-order chi connectivity index (χ0) is 11.2. The highest BCUT2D eigenvalue weighted by Crippen LogP contribution is 2.17. The molecule has 0 fully saturated rings. The molecule has 0 aromatic carbocycles. The van der Waals surface area contributed by atoms with Crippen molar-refractivity contribution in [2.75, 3.05) is 0 Å². The van der Waals surface area contributed by atoms with Crippen molar-refractivity contribution in [2.45, 2.75) is 25.8 Å². The lowest BCUT2D eigenvalue weighted by atomic mass is 9.94. The summed E-state index contributed by atoms with van der Waals surface area (Å²) in [6, 6.07) is 5.72. The number of allylic oxidation sites excluding steroid dienone is 2. The summed E-state index contributed by atoms with van der Waals surface area (Å²) in [7, 11) is 0. The summed E-state index contributed by atoms with van der Waals surface area (Å²) in [5.74, 6) is 0.295. The van der Waals surface area contributed by atoms with Gasteiger partial charge in [-0.25, -0.2) is 0 Å². The van der Waals surface area contributed by atoms with Crippen molar-refractivity contribution in [2.24, 2.45) is 5.92 Å². The lowest BCUT2D eigenvalue weighted by molar-refractivity contribution is -0.125. The van der Waals surface area contributed by atoms with Crippen LogP contribution in [-0.4, -0.2) is 10.9 Å². The van der Waals surface area contributed by atoms with Crippen LogP contribution in [0.15, 0.2) is 36.5 Å². The molecule has 1 aromatic rings. The molecule has 1 amide bonds. The summed E-state index contributed by atoms with van der Waals surface area (Å²) in [5.41, 5.74) is 0.905. The first-order chi connectivity index (χ1) is 7.86. The highest BCUT2D eigenvalue weighted by atomic mass is 16.1. The van der Waals surface area contributed by atoms with Gasteiger partial charge in [-0.3, -0.25) is 9.78 Å². The summed E-state index contributed by atoms with van der Waals surface area (Å²) >= 11 is 0. The Labute approximate surface area is 95.6 Å². The molecule has 1 aliphatic carbocycles. The number of rotatable bonds is 3. The molecule has 1 atom stereocenters. The predicted molar refractivity (Wildman–Crippen MR) is 62.6 cm³/mol. The number of nitrogens with one attached hydrogen (secondary N) is 1. The maximum Gasteiger partial charge on any atom is 0.223 e. The van der Waals surface area contributed by atoms with Crippen LogP contribution >= 0.6 is 0 Å². The van der Waals surface area contributed by atoms with Crippen molar-refractivity contribution in [3.8, 4) is 0 Å². The van der Waals surface area contributed by atoms with Gasteiger partial charge < -0.3 is 5.32 Å². The molecular formula is C13H16N2O. The number of carbonyl (C=O) groups is 1. The van der Waals surface area contributed by atoms with Crippen molar-refractivity contribution < 1.29 is 4.79 Å². The van der Waals surface area contributed by atoms with E-state index in [1.54, 1.807) is 6.20 Å². The van der Waals surface area contributed by atoms with Gasteiger partial charge in [0.2, 0.25) is 5.91 Å². The molecular weight excluding hydrogens is 200 g/mol. The molecule has 3 heteroatoms. The van der Waals surface area contributed by atoms with Crippen LogP contribution < -0.4 is 5.32 Å². The Balaban J connectivity index is 1.82. The van der Waals surface area contributed by atoms with Crippen LogP contribution in [0.3, 0.4) is 0 Å². The van der Waals surface area contributed by atoms with Crippen LogP contribution in [0.2, 0.25) is 0 Å². The van der Waals surface area contributed by atoms with Crippen LogP contribution in [-0.2, 0) is 11.3 Å². The van der Waals surface area contributed by atoms with Crippen molar-refractivity contribution in [1.29, 1.82) is 0 Å². The maximum atomic E-state index is 11.8. The Hall–Kier alpha value is -1.64. The highest BCUT2D eigenvalue weighted by Gasteiger charge is 2.17. The van der Waals surface area contributed by atoms with Crippen LogP contribution in [0.5, 0.6) is 0 Å². The van der Waals surface area contributed by atoms with E-state index in [0.717, 1.165) is 25.0 Å². The third kappa shape index (κ3) is 2.92. The molecule has 16 heavy (non-hydrogen) atoms. The summed E-state index contributed by atoms with van der Waals surface area (Å²) in [4.78, 5) is 16.0. The smallest absolute Gasteiger partial charge is 0.223 e. The molecule has 0 saturated carbocycles. The van der Waals surface area contributed by atoms with E-state index in [1.165, 1.54) is 0 Å². The second kappa shape index (κ2) is 5.45. The third-order valence-corrected chi connectivity index (χ3v) is 2.81. The molecule has 2 rings (SSSR count). The number of hydrogen-bond donors (Lipinski definition) is 1. The fraction of sp³-hybridized carbons (Fsp3) is 0.385. The van der Waals surface area contributed by atoms with Gasteiger partial charge >= 0.3 is 0 Å². The van der Waals surface area contributed by atoms with E-state index >= 15 is 0 Å². The topological polar surface area (TPSA) is 42.0 Å².